The first kappa shape index (κ1) is 22.4. The lowest BCUT2D eigenvalue weighted by atomic mass is 9.96. The average Bonchev–Trinajstić information content (AvgIpc) is 3.10. The van der Waals surface area contributed by atoms with Crippen molar-refractivity contribution in [3.8, 4) is 0 Å². The van der Waals surface area contributed by atoms with Crippen LogP contribution in [0.25, 0.3) is 0 Å². The second kappa shape index (κ2) is 11.2. The number of amides is 1. The van der Waals surface area contributed by atoms with Gasteiger partial charge in [0, 0.05) is 13.1 Å². The molecule has 7 heteroatoms. The molecule has 2 fully saturated rings. The van der Waals surface area contributed by atoms with Crippen LogP contribution in [0.4, 0.5) is 0 Å². The van der Waals surface area contributed by atoms with E-state index >= 15 is 0 Å². The zero-order chi connectivity index (χ0) is 21.5. The van der Waals surface area contributed by atoms with Crippen LogP contribution in [0.1, 0.15) is 64.5 Å². The molecule has 0 radical (unpaired) electrons. The van der Waals surface area contributed by atoms with Gasteiger partial charge in [-0.3, -0.25) is 9.69 Å². The minimum atomic E-state index is -0.138. The van der Waals surface area contributed by atoms with Crippen molar-refractivity contribution >= 4 is 17.2 Å². The van der Waals surface area contributed by atoms with Crippen LogP contribution in [0.2, 0.25) is 0 Å². The third-order valence-corrected chi connectivity index (χ3v) is 7.42. The van der Waals surface area contributed by atoms with Crippen LogP contribution < -0.4 is 5.32 Å². The summed E-state index contributed by atoms with van der Waals surface area (Å²) < 4.78 is 0. The number of aromatic nitrogens is 2. The molecule has 1 aromatic carbocycles. The van der Waals surface area contributed by atoms with Crippen molar-refractivity contribution in [1.82, 2.24) is 25.3 Å². The molecule has 1 amide bonds. The monoisotopic (exact) mass is 441 g/mol. The highest BCUT2D eigenvalue weighted by atomic mass is 32.1. The Hall–Kier alpha value is -1.83. The quantitative estimate of drug-likeness (QED) is 0.707. The number of likely N-dealkylation sites (tertiary alicyclic amines) is 2. The van der Waals surface area contributed by atoms with E-state index in [1.807, 2.05) is 12.1 Å². The van der Waals surface area contributed by atoms with Crippen LogP contribution in [0.3, 0.4) is 0 Å². The molecular formula is C24H35N5OS. The highest BCUT2D eigenvalue weighted by molar-refractivity contribution is 7.13. The lowest BCUT2D eigenvalue weighted by Crippen LogP contribution is -2.38. The number of hydrogen-bond acceptors (Lipinski definition) is 6. The second-order valence-electron chi connectivity index (χ2n) is 9.10. The summed E-state index contributed by atoms with van der Waals surface area (Å²) in [5.74, 6) is 0.687. The van der Waals surface area contributed by atoms with E-state index in [0.29, 0.717) is 11.6 Å². The number of aryl methyl sites for hydroxylation is 1. The summed E-state index contributed by atoms with van der Waals surface area (Å²) in [6, 6.07) is 8.19. The van der Waals surface area contributed by atoms with Crippen LogP contribution in [0, 0.1) is 12.8 Å². The fourth-order valence-electron chi connectivity index (χ4n) is 4.58. The maximum absolute atomic E-state index is 12.4. The first-order chi connectivity index (χ1) is 15.2. The Balaban J connectivity index is 1.19. The predicted octanol–water partition coefficient (Wildman–Crippen LogP) is 3.86. The molecule has 1 N–H and O–H groups in total. The number of rotatable bonds is 7. The second-order valence-corrected chi connectivity index (χ2v) is 10.2. The van der Waals surface area contributed by atoms with Gasteiger partial charge in [-0.2, -0.15) is 0 Å². The van der Waals surface area contributed by atoms with Crippen molar-refractivity contribution in [2.45, 2.75) is 58.5 Å². The standard InChI is InChI=1S/C24H35N5OS/c1-19-6-8-20(9-7-19)16-25-23(30)24-27-26-22(31-24)18-29-14-10-21(11-15-29)17-28-12-4-2-3-5-13-28/h6-9,21H,2-5,10-18H2,1H3,(H,25,30). The molecule has 1 aromatic heterocycles. The van der Waals surface area contributed by atoms with Gasteiger partial charge in [0.2, 0.25) is 5.01 Å². The van der Waals surface area contributed by atoms with Crippen LogP contribution in [0.5, 0.6) is 0 Å². The van der Waals surface area contributed by atoms with Crippen molar-refractivity contribution in [1.29, 1.82) is 0 Å². The average molecular weight is 442 g/mol. The Kier molecular flexibility index (Phi) is 8.05. The summed E-state index contributed by atoms with van der Waals surface area (Å²) in [5, 5.41) is 12.8. The molecule has 0 aliphatic carbocycles. The van der Waals surface area contributed by atoms with E-state index in [-0.39, 0.29) is 5.91 Å². The number of carbonyl (C=O) groups excluding carboxylic acids is 1. The van der Waals surface area contributed by atoms with Gasteiger partial charge in [-0.25, -0.2) is 0 Å². The Morgan fingerprint density at radius 3 is 2.42 bits per heavy atom. The molecule has 3 heterocycles. The number of carbonyl (C=O) groups is 1. The van der Waals surface area contributed by atoms with Gasteiger partial charge in [0.25, 0.3) is 5.91 Å². The summed E-state index contributed by atoms with van der Waals surface area (Å²) >= 11 is 1.42. The molecule has 2 aliphatic heterocycles. The van der Waals surface area contributed by atoms with Gasteiger partial charge in [0.1, 0.15) is 5.01 Å². The fourth-order valence-corrected chi connectivity index (χ4v) is 5.37. The van der Waals surface area contributed by atoms with Gasteiger partial charge in [0.15, 0.2) is 0 Å². The maximum atomic E-state index is 12.4. The van der Waals surface area contributed by atoms with Crippen molar-refractivity contribution in [3.05, 3.63) is 45.4 Å². The molecule has 2 saturated heterocycles. The van der Waals surface area contributed by atoms with Crippen molar-refractivity contribution in [2.75, 3.05) is 32.7 Å². The van der Waals surface area contributed by atoms with E-state index in [1.54, 1.807) is 0 Å². The molecule has 0 unspecified atom stereocenters. The first-order valence-electron chi connectivity index (χ1n) is 11.8. The number of hydrogen-bond donors (Lipinski definition) is 1. The van der Waals surface area contributed by atoms with Crippen LogP contribution in [-0.4, -0.2) is 58.6 Å². The zero-order valence-electron chi connectivity index (χ0n) is 18.7. The number of piperidine rings is 1. The minimum Gasteiger partial charge on any atom is -0.346 e. The smallest absolute Gasteiger partial charge is 0.282 e. The Labute approximate surface area is 190 Å². The molecule has 168 valence electrons. The molecular weight excluding hydrogens is 406 g/mol. The normalized spacial score (nSPS) is 19.3. The van der Waals surface area contributed by atoms with Gasteiger partial charge in [-0.15, -0.1) is 10.2 Å². The molecule has 0 bridgehead atoms. The van der Waals surface area contributed by atoms with Crippen LogP contribution >= 0.6 is 11.3 Å². The van der Waals surface area contributed by atoms with E-state index in [0.717, 1.165) is 36.1 Å². The Morgan fingerprint density at radius 2 is 1.71 bits per heavy atom. The molecule has 31 heavy (non-hydrogen) atoms. The molecule has 2 aromatic rings. The van der Waals surface area contributed by atoms with E-state index in [1.165, 1.54) is 75.1 Å². The van der Waals surface area contributed by atoms with E-state index in [2.05, 4.69) is 44.4 Å². The lowest BCUT2D eigenvalue weighted by Gasteiger charge is -2.34. The van der Waals surface area contributed by atoms with Gasteiger partial charge < -0.3 is 10.2 Å². The third kappa shape index (κ3) is 6.82. The molecule has 2 aliphatic rings. The maximum Gasteiger partial charge on any atom is 0.282 e. The van der Waals surface area contributed by atoms with Gasteiger partial charge >= 0.3 is 0 Å². The van der Waals surface area contributed by atoms with Gasteiger partial charge in [-0.1, -0.05) is 54.0 Å². The first-order valence-corrected chi connectivity index (χ1v) is 12.6. The Morgan fingerprint density at radius 1 is 1.00 bits per heavy atom. The fraction of sp³-hybridized carbons (Fsp3) is 0.625. The van der Waals surface area contributed by atoms with Gasteiger partial charge in [0.05, 0.1) is 6.54 Å². The largest absolute Gasteiger partial charge is 0.346 e. The van der Waals surface area contributed by atoms with Crippen LogP contribution in [-0.2, 0) is 13.1 Å². The highest BCUT2D eigenvalue weighted by Gasteiger charge is 2.23. The van der Waals surface area contributed by atoms with Crippen molar-refractivity contribution < 1.29 is 4.79 Å². The van der Waals surface area contributed by atoms with Crippen LogP contribution in [0.15, 0.2) is 24.3 Å². The zero-order valence-corrected chi connectivity index (χ0v) is 19.5. The molecule has 0 spiro atoms. The molecule has 6 nitrogen and oxygen atoms in total. The number of benzene rings is 1. The summed E-state index contributed by atoms with van der Waals surface area (Å²) in [6.45, 7) is 9.47. The Bertz CT molecular complexity index is 821. The molecule has 0 saturated carbocycles. The van der Waals surface area contributed by atoms with E-state index in [9.17, 15) is 4.79 Å². The number of nitrogens with one attached hydrogen (secondary N) is 1. The minimum absolute atomic E-state index is 0.138. The molecule has 0 atom stereocenters. The third-order valence-electron chi connectivity index (χ3n) is 6.52. The van der Waals surface area contributed by atoms with Crippen molar-refractivity contribution in [3.63, 3.8) is 0 Å². The SMILES string of the molecule is Cc1ccc(CNC(=O)c2nnc(CN3CCC(CN4CCCCCC4)CC3)s2)cc1. The summed E-state index contributed by atoms with van der Waals surface area (Å²) in [7, 11) is 0. The summed E-state index contributed by atoms with van der Waals surface area (Å²) in [4.78, 5) is 17.6. The number of nitrogens with zero attached hydrogens (tertiary/aromatic N) is 4. The molecule has 4 rings (SSSR count). The summed E-state index contributed by atoms with van der Waals surface area (Å²) in [5.41, 5.74) is 2.31. The summed E-state index contributed by atoms with van der Waals surface area (Å²) in [6.07, 6.45) is 8.08. The topological polar surface area (TPSA) is 61.4 Å². The predicted molar refractivity (Wildman–Crippen MR) is 125 cm³/mol. The van der Waals surface area contributed by atoms with E-state index in [4.69, 9.17) is 0 Å². The van der Waals surface area contributed by atoms with Crippen molar-refractivity contribution in [2.24, 2.45) is 5.92 Å². The highest BCUT2D eigenvalue weighted by Crippen LogP contribution is 2.22. The van der Waals surface area contributed by atoms with Gasteiger partial charge in [-0.05, 0) is 70.3 Å². The lowest BCUT2D eigenvalue weighted by molar-refractivity contribution is 0.0950. The van der Waals surface area contributed by atoms with E-state index < -0.39 is 0 Å².